The van der Waals surface area contributed by atoms with E-state index in [2.05, 4.69) is 13.8 Å². The number of aryl methyl sites for hydroxylation is 2. The zero-order chi connectivity index (χ0) is 23.3. The maximum atomic E-state index is 9.58. The number of halogens is 2. The molecule has 0 aliphatic rings. The van der Waals surface area contributed by atoms with E-state index in [1.807, 2.05) is 36.4 Å². The van der Waals surface area contributed by atoms with Crippen molar-refractivity contribution < 1.29 is 10.2 Å². The molecule has 2 N–H and O–H groups in total. The molecule has 0 fully saturated rings. The van der Waals surface area contributed by atoms with Crippen LogP contribution in [-0.4, -0.2) is 10.2 Å². The minimum atomic E-state index is 0. The minimum Gasteiger partial charge on any atom is -0.508 e. The van der Waals surface area contributed by atoms with Crippen LogP contribution in [0, 0.1) is 0 Å². The van der Waals surface area contributed by atoms with Crippen molar-refractivity contribution in [2.75, 3.05) is 0 Å². The fourth-order valence-electron chi connectivity index (χ4n) is 3.99. The van der Waals surface area contributed by atoms with E-state index in [0.717, 1.165) is 24.0 Å². The van der Waals surface area contributed by atoms with Crippen LogP contribution in [0.5, 0.6) is 11.5 Å². The highest BCUT2D eigenvalue weighted by Gasteiger charge is 2.00. The third-order valence-electron chi connectivity index (χ3n) is 6.08. The third-order valence-corrected chi connectivity index (χ3v) is 6.08. The van der Waals surface area contributed by atoms with E-state index in [-0.39, 0.29) is 24.8 Å². The molecule has 0 unspecified atom stereocenters. The van der Waals surface area contributed by atoms with Crippen LogP contribution >= 0.6 is 24.8 Å². The Morgan fingerprint density at radius 1 is 0.441 bits per heavy atom. The van der Waals surface area contributed by atoms with Crippen molar-refractivity contribution >= 4 is 24.8 Å². The van der Waals surface area contributed by atoms with Gasteiger partial charge in [-0.1, -0.05) is 127 Å². The van der Waals surface area contributed by atoms with Crippen molar-refractivity contribution in [3.05, 3.63) is 59.7 Å². The predicted molar refractivity (Wildman–Crippen MR) is 154 cm³/mol. The molecule has 2 aromatic rings. The first-order valence-electron chi connectivity index (χ1n) is 13.2. The highest BCUT2D eigenvalue weighted by atomic mass is 35.5. The Bertz CT molecular complexity index is 632. The van der Waals surface area contributed by atoms with E-state index in [9.17, 15) is 10.2 Å². The molecule has 34 heavy (non-hydrogen) atoms. The number of benzene rings is 2. The first kappa shape index (κ1) is 34.8. The van der Waals surface area contributed by atoms with Crippen LogP contribution < -0.4 is 0 Å². The molecule has 4 heteroatoms. The Morgan fingerprint density at radius 3 is 1.06 bits per heavy atom. The van der Waals surface area contributed by atoms with Crippen molar-refractivity contribution in [3.8, 4) is 11.5 Å². The van der Waals surface area contributed by atoms with Crippen LogP contribution in [0.3, 0.4) is 0 Å². The van der Waals surface area contributed by atoms with Gasteiger partial charge in [-0.3, -0.25) is 0 Å². The molecule has 0 heterocycles. The zero-order valence-corrected chi connectivity index (χ0v) is 23.3. The van der Waals surface area contributed by atoms with Gasteiger partial charge in [-0.05, 0) is 48.9 Å². The lowest BCUT2D eigenvalue weighted by molar-refractivity contribution is 0.465. The molecule has 2 nitrogen and oxygen atoms in total. The Kier molecular flexibility index (Phi) is 25.3. The van der Waals surface area contributed by atoms with Gasteiger partial charge in [-0.15, -0.1) is 24.8 Å². The first-order chi connectivity index (χ1) is 15.7. The van der Waals surface area contributed by atoms with Crippen molar-refractivity contribution in [1.29, 1.82) is 0 Å². The standard InChI is InChI=1S/2C15H24O.2ClH/c2*1-2-3-4-5-6-7-8-11-14-12-9-10-13-15(14)16;;/h2*9-10,12-13,16H,2-8,11H2,1H3;2*1H. The number of aromatic hydroxyl groups is 2. The summed E-state index contributed by atoms with van der Waals surface area (Å²) in [6, 6.07) is 15.3. The molecular weight excluding hydrogens is 463 g/mol. The lowest BCUT2D eigenvalue weighted by Gasteiger charge is -2.04. The van der Waals surface area contributed by atoms with E-state index >= 15 is 0 Å². The van der Waals surface area contributed by atoms with Gasteiger partial charge in [0.25, 0.3) is 0 Å². The summed E-state index contributed by atoms with van der Waals surface area (Å²) in [5, 5.41) is 19.2. The third kappa shape index (κ3) is 18.0. The number of rotatable bonds is 16. The Morgan fingerprint density at radius 2 is 0.735 bits per heavy atom. The van der Waals surface area contributed by atoms with Crippen LogP contribution in [0.2, 0.25) is 0 Å². The van der Waals surface area contributed by atoms with Crippen LogP contribution in [0.1, 0.15) is 115 Å². The van der Waals surface area contributed by atoms with Crippen LogP contribution in [-0.2, 0) is 12.8 Å². The molecule has 2 rings (SSSR count). The topological polar surface area (TPSA) is 40.5 Å². The number of para-hydroxylation sites is 2. The second kappa shape index (κ2) is 24.7. The van der Waals surface area contributed by atoms with Gasteiger partial charge in [0.15, 0.2) is 0 Å². The molecular formula is C30H50Cl2O2. The average molecular weight is 514 g/mol. The summed E-state index contributed by atoms with van der Waals surface area (Å²) < 4.78 is 0. The number of hydrogen-bond acceptors (Lipinski definition) is 2. The number of hydrogen-bond donors (Lipinski definition) is 2. The fraction of sp³-hybridized carbons (Fsp3) is 0.600. The van der Waals surface area contributed by atoms with E-state index in [4.69, 9.17) is 0 Å². The van der Waals surface area contributed by atoms with Gasteiger partial charge >= 0.3 is 0 Å². The van der Waals surface area contributed by atoms with Gasteiger partial charge in [0.2, 0.25) is 0 Å². The molecule has 0 amide bonds. The average Bonchev–Trinajstić information content (AvgIpc) is 2.80. The van der Waals surface area contributed by atoms with Crippen molar-refractivity contribution in [1.82, 2.24) is 0 Å². The van der Waals surface area contributed by atoms with Gasteiger partial charge in [0.05, 0.1) is 0 Å². The van der Waals surface area contributed by atoms with Gasteiger partial charge in [-0.25, -0.2) is 0 Å². The summed E-state index contributed by atoms with van der Waals surface area (Å²) in [6.45, 7) is 4.50. The lowest BCUT2D eigenvalue weighted by Crippen LogP contribution is -1.87. The molecule has 0 aliphatic carbocycles. The summed E-state index contributed by atoms with van der Waals surface area (Å²) in [6.07, 6.45) is 20.6. The summed E-state index contributed by atoms with van der Waals surface area (Å²) in [5.74, 6) is 0.905. The van der Waals surface area contributed by atoms with Crippen molar-refractivity contribution in [3.63, 3.8) is 0 Å². The second-order valence-electron chi connectivity index (χ2n) is 9.00. The molecule has 0 radical (unpaired) electrons. The van der Waals surface area contributed by atoms with Crippen LogP contribution in [0.25, 0.3) is 0 Å². The van der Waals surface area contributed by atoms with Crippen LogP contribution in [0.15, 0.2) is 48.5 Å². The highest BCUT2D eigenvalue weighted by molar-refractivity contribution is 5.85. The largest absolute Gasteiger partial charge is 0.508 e. The first-order valence-corrected chi connectivity index (χ1v) is 13.2. The predicted octanol–water partition coefficient (Wildman–Crippen LogP) is 10.2. The number of phenolic OH excluding ortho intramolecular Hbond substituents is 2. The summed E-state index contributed by atoms with van der Waals surface area (Å²) >= 11 is 0. The molecule has 0 bridgehead atoms. The summed E-state index contributed by atoms with van der Waals surface area (Å²) in [4.78, 5) is 0. The van der Waals surface area contributed by atoms with E-state index < -0.39 is 0 Å². The van der Waals surface area contributed by atoms with Gasteiger partial charge in [-0.2, -0.15) is 0 Å². The molecule has 0 aromatic heterocycles. The SMILES string of the molecule is CCCCCCCCCc1ccccc1O.CCCCCCCCCc1ccccc1O.Cl.Cl. The Balaban J connectivity index is 0. The van der Waals surface area contributed by atoms with Gasteiger partial charge < -0.3 is 10.2 Å². The van der Waals surface area contributed by atoms with Crippen molar-refractivity contribution in [2.45, 2.75) is 117 Å². The van der Waals surface area contributed by atoms with Gasteiger partial charge in [0, 0.05) is 0 Å². The quantitative estimate of drug-likeness (QED) is 0.219. The highest BCUT2D eigenvalue weighted by Crippen LogP contribution is 2.20. The smallest absolute Gasteiger partial charge is 0.118 e. The van der Waals surface area contributed by atoms with E-state index in [1.54, 1.807) is 12.1 Å². The van der Waals surface area contributed by atoms with Crippen molar-refractivity contribution in [2.24, 2.45) is 0 Å². The normalized spacial score (nSPS) is 9.94. The van der Waals surface area contributed by atoms with Gasteiger partial charge in [0.1, 0.15) is 11.5 Å². The summed E-state index contributed by atoms with van der Waals surface area (Å²) in [5.41, 5.74) is 2.19. The fourth-order valence-corrected chi connectivity index (χ4v) is 3.99. The molecule has 2 aromatic carbocycles. The lowest BCUT2D eigenvalue weighted by atomic mass is 10.0. The molecule has 196 valence electrons. The van der Waals surface area contributed by atoms with E-state index in [0.29, 0.717) is 11.5 Å². The maximum absolute atomic E-state index is 9.58. The minimum absolute atomic E-state index is 0. The summed E-state index contributed by atoms with van der Waals surface area (Å²) in [7, 11) is 0. The zero-order valence-electron chi connectivity index (χ0n) is 21.6. The second-order valence-corrected chi connectivity index (χ2v) is 9.00. The van der Waals surface area contributed by atoms with Crippen LogP contribution in [0.4, 0.5) is 0 Å². The maximum Gasteiger partial charge on any atom is 0.118 e. The Labute approximate surface area is 222 Å². The molecule has 0 spiro atoms. The number of unbranched alkanes of at least 4 members (excludes halogenated alkanes) is 12. The molecule has 0 atom stereocenters. The van der Waals surface area contributed by atoms with E-state index in [1.165, 1.54) is 89.9 Å². The molecule has 0 saturated carbocycles. The molecule has 0 aliphatic heterocycles. The number of phenols is 2. The Hall–Kier alpha value is -1.38. The molecule has 0 saturated heterocycles. The monoisotopic (exact) mass is 512 g/mol.